The molecular formula is C26H32N2O3. The molecule has 2 heterocycles. The summed E-state index contributed by atoms with van der Waals surface area (Å²) in [7, 11) is 1.68. The van der Waals surface area contributed by atoms with Crippen LogP contribution in [0.15, 0.2) is 48.5 Å². The van der Waals surface area contributed by atoms with Gasteiger partial charge in [0, 0.05) is 30.5 Å². The molecule has 5 heteroatoms. The molecule has 2 aromatic rings. The Hall–Kier alpha value is -2.82. The van der Waals surface area contributed by atoms with Gasteiger partial charge < -0.3 is 15.0 Å². The number of nitrogens with one attached hydrogen (secondary N) is 1. The molecule has 31 heavy (non-hydrogen) atoms. The van der Waals surface area contributed by atoms with Gasteiger partial charge in [-0.05, 0) is 50.7 Å². The van der Waals surface area contributed by atoms with Gasteiger partial charge in [-0.1, -0.05) is 48.0 Å². The van der Waals surface area contributed by atoms with Crippen molar-refractivity contribution in [3.8, 4) is 5.75 Å². The van der Waals surface area contributed by atoms with Crippen LogP contribution in [-0.2, 0) is 16.0 Å². The number of ether oxygens (including phenoxy) is 1. The average Bonchev–Trinajstić information content (AvgIpc) is 3.41. The van der Waals surface area contributed by atoms with E-state index in [0.717, 1.165) is 43.5 Å². The fraction of sp³-hybridized carbons (Fsp3) is 0.462. The summed E-state index contributed by atoms with van der Waals surface area (Å²) >= 11 is 0. The summed E-state index contributed by atoms with van der Waals surface area (Å²) < 4.78 is 5.54. The number of carbonyl (C=O) groups is 2. The van der Waals surface area contributed by atoms with Crippen LogP contribution in [0.5, 0.6) is 5.75 Å². The largest absolute Gasteiger partial charge is 0.496 e. The van der Waals surface area contributed by atoms with Gasteiger partial charge in [0.2, 0.25) is 11.8 Å². The number of hydrogen-bond acceptors (Lipinski definition) is 3. The number of amides is 2. The molecule has 0 aliphatic carbocycles. The van der Waals surface area contributed by atoms with Crippen LogP contribution in [-0.4, -0.2) is 35.9 Å². The van der Waals surface area contributed by atoms with Gasteiger partial charge in [0.25, 0.3) is 0 Å². The van der Waals surface area contributed by atoms with Gasteiger partial charge in [-0.25, -0.2) is 0 Å². The SMILES string of the molecule is COc1ccccc1[C@H]1CCCN1C(=O)CC[C@]1(Cc2ccc(C)cc2)CCC(=O)N1. The smallest absolute Gasteiger partial charge is 0.223 e. The number of nitrogens with zero attached hydrogens (tertiary/aromatic N) is 1. The van der Waals surface area contributed by atoms with Gasteiger partial charge in [-0.15, -0.1) is 0 Å². The number of carbonyl (C=O) groups excluding carboxylic acids is 2. The normalized spacial score (nSPS) is 23.1. The summed E-state index contributed by atoms with van der Waals surface area (Å²) in [6.07, 6.45) is 5.15. The number of para-hydroxylation sites is 1. The third-order valence-corrected chi connectivity index (χ3v) is 6.79. The quantitative estimate of drug-likeness (QED) is 0.725. The fourth-order valence-electron chi connectivity index (χ4n) is 5.10. The van der Waals surface area contributed by atoms with Crippen molar-refractivity contribution in [1.29, 1.82) is 0 Å². The lowest BCUT2D eigenvalue weighted by atomic mass is 9.84. The molecule has 4 rings (SSSR count). The first-order valence-electron chi connectivity index (χ1n) is 11.3. The highest BCUT2D eigenvalue weighted by Crippen LogP contribution is 2.38. The molecule has 2 saturated heterocycles. The van der Waals surface area contributed by atoms with Crippen LogP contribution in [0.2, 0.25) is 0 Å². The van der Waals surface area contributed by atoms with E-state index in [4.69, 9.17) is 4.74 Å². The Bertz CT molecular complexity index is 940. The highest BCUT2D eigenvalue weighted by molar-refractivity contribution is 5.80. The van der Waals surface area contributed by atoms with Crippen molar-refractivity contribution in [2.75, 3.05) is 13.7 Å². The Morgan fingerprint density at radius 2 is 1.97 bits per heavy atom. The zero-order valence-electron chi connectivity index (χ0n) is 18.5. The first-order chi connectivity index (χ1) is 15.0. The van der Waals surface area contributed by atoms with E-state index in [9.17, 15) is 9.59 Å². The van der Waals surface area contributed by atoms with Crippen molar-refractivity contribution in [3.63, 3.8) is 0 Å². The predicted octanol–water partition coefficient (Wildman–Crippen LogP) is 4.34. The van der Waals surface area contributed by atoms with E-state index in [1.54, 1.807) is 7.11 Å². The van der Waals surface area contributed by atoms with Crippen molar-refractivity contribution in [3.05, 3.63) is 65.2 Å². The Kier molecular flexibility index (Phi) is 6.30. The van der Waals surface area contributed by atoms with Crippen molar-refractivity contribution >= 4 is 11.8 Å². The summed E-state index contributed by atoms with van der Waals surface area (Å²) in [5.74, 6) is 1.09. The Morgan fingerprint density at radius 1 is 1.19 bits per heavy atom. The Labute approximate surface area is 184 Å². The van der Waals surface area contributed by atoms with Crippen LogP contribution in [0.1, 0.15) is 61.3 Å². The number of methoxy groups -OCH3 is 1. The second kappa shape index (κ2) is 9.13. The van der Waals surface area contributed by atoms with E-state index < -0.39 is 0 Å². The van der Waals surface area contributed by atoms with Crippen LogP contribution in [0.4, 0.5) is 0 Å². The topological polar surface area (TPSA) is 58.6 Å². The lowest BCUT2D eigenvalue weighted by Crippen LogP contribution is -2.45. The summed E-state index contributed by atoms with van der Waals surface area (Å²) in [4.78, 5) is 27.4. The molecule has 0 unspecified atom stereocenters. The molecular weight excluding hydrogens is 388 g/mol. The molecule has 1 N–H and O–H groups in total. The molecule has 164 valence electrons. The van der Waals surface area contributed by atoms with Crippen LogP contribution in [0, 0.1) is 6.92 Å². The molecule has 2 aliphatic heterocycles. The van der Waals surface area contributed by atoms with E-state index in [0.29, 0.717) is 19.3 Å². The lowest BCUT2D eigenvalue weighted by molar-refractivity contribution is -0.132. The van der Waals surface area contributed by atoms with E-state index in [2.05, 4.69) is 42.6 Å². The van der Waals surface area contributed by atoms with Crippen molar-refractivity contribution in [1.82, 2.24) is 10.2 Å². The molecule has 0 aromatic heterocycles. The number of likely N-dealkylation sites (tertiary alicyclic amines) is 1. The van der Waals surface area contributed by atoms with E-state index in [1.165, 1.54) is 11.1 Å². The predicted molar refractivity (Wildman–Crippen MR) is 121 cm³/mol. The molecule has 2 fully saturated rings. The number of hydrogen-bond donors (Lipinski definition) is 1. The zero-order chi connectivity index (χ0) is 21.8. The number of rotatable bonds is 7. The maximum Gasteiger partial charge on any atom is 0.223 e. The standard InChI is InChI=1S/C26H32N2O3/c1-19-9-11-20(12-10-19)18-26(15-13-24(29)27-26)16-14-25(30)28-17-5-7-22(28)21-6-3-4-8-23(21)31-2/h3-4,6,8-12,22H,5,7,13-18H2,1-2H3,(H,27,29)/t22-,26+/m1/s1. The summed E-state index contributed by atoms with van der Waals surface area (Å²) in [6, 6.07) is 16.5. The Balaban J connectivity index is 1.46. The van der Waals surface area contributed by atoms with Gasteiger partial charge in [0.15, 0.2) is 0 Å². The lowest BCUT2D eigenvalue weighted by Gasteiger charge is -2.31. The van der Waals surface area contributed by atoms with E-state index in [1.807, 2.05) is 23.1 Å². The molecule has 2 aromatic carbocycles. The average molecular weight is 421 g/mol. The van der Waals surface area contributed by atoms with Crippen molar-refractivity contribution < 1.29 is 14.3 Å². The minimum absolute atomic E-state index is 0.0647. The maximum atomic E-state index is 13.3. The van der Waals surface area contributed by atoms with Gasteiger partial charge in [-0.3, -0.25) is 9.59 Å². The van der Waals surface area contributed by atoms with Crippen LogP contribution >= 0.6 is 0 Å². The third kappa shape index (κ3) is 4.76. The van der Waals surface area contributed by atoms with Gasteiger partial charge in [0.05, 0.1) is 13.2 Å². The van der Waals surface area contributed by atoms with Gasteiger partial charge in [-0.2, -0.15) is 0 Å². The first-order valence-corrected chi connectivity index (χ1v) is 11.3. The first kappa shape index (κ1) is 21.4. The molecule has 0 spiro atoms. The second-order valence-corrected chi connectivity index (χ2v) is 8.98. The molecule has 5 nitrogen and oxygen atoms in total. The number of aryl methyl sites for hydroxylation is 1. The highest BCUT2D eigenvalue weighted by Gasteiger charge is 2.39. The van der Waals surface area contributed by atoms with Crippen LogP contribution in [0.3, 0.4) is 0 Å². The molecule has 2 amide bonds. The fourth-order valence-corrected chi connectivity index (χ4v) is 5.10. The van der Waals surface area contributed by atoms with Gasteiger partial charge in [0.1, 0.15) is 5.75 Å². The monoisotopic (exact) mass is 420 g/mol. The van der Waals surface area contributed by atoms with Crippen LogP contribution in [0.25, 0.3) is 0 Å². The second-order valence-electron chi connectivity index (χ2n) is 8.98. The zero-order valence-corrected chi connectivity index (χ0v) is 18.5. The molecule has 2 atom stereocenters. The highest BCUT2D eigenvalue weighted by atomic mass is 16.5. The van der Waals surface area contributed by atoms with Crippen molar-refractivity contribution in [2.45, 2.75) is 63.5 Å². The molecule has 2 aliphatic rings. The minimum Gasteiger partial charge on any atom is -0.496 e. The van der Waals surface area contributed by atoms with Crippen LogP contribution < -0.4 is 10.1 Å². The summed E-state index contributed by atoms with van der Waals surface area (Å²) in [5, 5.41) is 3.21. The summed E-state index contributed by atoms with van der Waals surface area (Å²) in [5.41, 5.74) is 3.18. The molecule has 0 saturated carbocycles. The number of benzene rings is 2. The summed E-state index contributed by atoms with van der Waals surface area (Å²) in [6.45, 7) is 2.85. The van der Waals surface area contributed by atoms with E-state index >= 15 is 0 Å². The Morgan fingerprint density at radius 3 is 2.68 bits per heavy atom. The maximum absolute atomic E-state index is 13.3. The third-order valence-electron chi connectivity index (χ3n) is 6.79. The molecule has 0 radical (unpaired) electrons. The van der Waals surface area contributed by atoms with Crippen molar-refractivity contribution in [2.24, 2.45) is 0 Å². The molecule has 0 bridgehead atoms. The minimum atomic E-state index is -0.332. The van der Waals surface area contributed by atoms with E-state index in [-0.39, 0.29) is 23.4 Å². The van der Waals surface area contributed by atoms with Gasteiger partial charge >= 0.3 is 0 Å².